The average Bonchev–Trinajstić information content (AvgIpc) is 3.41. The summed E-state index contributed by atoms with van der Waals surface area (Å²) in [5, 5.41) is 17.3. The fraction of sp³-hybridized carbons (Fsp3) is 0.182. The number of anilines is 1. The molecule has 1 fully saturated rings. The van der Waals surface area contributed by atoms with Gasteiger partial charge in [-0.05, 0) is 36.2 Å². The molecule has 0 amide bonds. The highest BCUT2D eigenvalue weighted by molar-refractivity contribution is 5.79. The molecule has 0 bridgehead atoms. The van der Waals surface area contributed by atoms with Crippen molar-refractivity contribution in [2.45, 2.75) is 12.3 Å². The van der Waals surface area contributed by atoms with Crippen LogP contribution in [0.3, 0.4) is 0 Å². The minimum absolute atomic E-state index is 0.0483. The van der Waals surface area contributed by atoms with Crippen molar-refractivity contribution in [2.24, 2.45) is 0 Å². The molecule has 1 N–H and O–H groups in total. The third kappa shape index (κ3) is 2.99. The maximum Gasteiger partial charge on any atom is 0.195 e. The first-order chi connectivity index (χ1) is 14.1. The first-order valence-electron chi connectivity index (χ1n) is 9.44. The van der Waals surface area contributed by atoms with Crippen LogP contribution >= 0.6 is 0 Å². The van der Waals surface area contributed by atoms with E-state index in [-0.39, 0.29) is 11.0 Å². The van der Waals surface area contributed by atoms with Gasteiger partial charge in [-0.15, -0.1) is 5.10 Å². The second kappa shape index (κ2) is 6.84. The highest BCUT2D eigenvalue weighted by Gasteiger charge is 2.24. The molecule has 29 heavy (non-hydrogen) atoms. The van der Waals surface area contributed by atoms with Crippen LogP contribution in [0.5, 0.6) is 5.75 Å². The van der Waals surface area contributed by atoms with Gasteiger partial charge in [0.15, 0.2) is 17.4 Å². The summed E-state index contributed by atoms with van der Waals surface area (Å²) < 4.78 is 29.2. The summed E-state index contributed by atoms with van der Waals surface area (Å²) in [5.74, 6) is -2.65. The molecular formula is C22H18F2N4O. The lowest BCUT2D eigenvalue weighted by atomic mass is 9.99. The van der Waals surface area contributed by atoms with E-state index in [9.17, 15) is 13.9 Å². The van der Waals surface area contributed by atoms with Crippen molar-refractivity contribution in [3.8, 4) is 11.4 Å². The standard InChI is InChI=1S/C22H18F2N4O/c23-18-12-19-21(20(24)22(18)29)28(26-25-19)17-8-6-16(7-9-17)27-11-10-15(13-27)14-4-2-1-3-5-14/h1-9,12,15,29H,10-11,13H2/t15-/m0/s1. The lowest BCUT2D eigenvalue weighted by Crippen LogP contribution is -2.19. The molecule has 1 aliphatic heterocycles. The van der Waals surface area contributed by atoms with Crippen molar-refractivity contribution in [1.82, 2.24) is 15.0 Å². The van der Waals surface area contributed by atoms with E-state index in [1.807, 2.05) is 30.3 Å². The molecule has 3 aromatic carbocycles. The third-order valence-corrected chi connectivity index (χ3v) is 5.52. The Bertz CT molecular complexity index is 1180. The van der Waals surface area contributed by atoms with E-state index < -0.39 is 17.4 Å². The van der Waals surface area contributed by atoms with Crippen molar-refractivity contribution in [1.29, 1.82) is 0 Å². The van der Waals surface area contributed by atoms with Crippen LogP contribution in [0, 0.1) is 11.6 Å². The van der Waals surface area contributed by atoms with Crippen LogP contribution in [0.15, 0.2) is 60.7 Å². The maximum absolute atomic E-state index is 14.4. The zero-order chi connectivity index (χ0) is 20.0. The molecule has 1 aromatic heterocycles. The number of hydrogen-bond acceptors (Lipinski definition) is 4. The predicted octanol–water partition coefficient (Wildman–Crippen LogP) is 4.40. The number of phenolic OH excluding ortho intramolecular Hbond substituents is 1. The highest BCUT2D eigenvalue weighted by Crippen LogP contribution is 2.32. The Labute approximate surface area is 165 Å². The molecule has 0 spiro atoms. The summed E-state index contributed by atoms with van der Waals surface area (Å²) in [6.45, 7) is 1.91. The molecule has 0 saturated carbocycles. The minimum Gasteiger partial charge on any atom is -0.503 e. The van der Waals surface area contributed by atoms with Gasteiger partial charge in [0.05, 0.1) is 5.69 Å². The number of nitrogens with zero attached hydrogens (tertiary/aromatic N) is 4. The van der Waals surface area contributed by atoms with Crippen molar-refractivity contribution < 1.29 is 13.9 Å². The lowest BCUT2D eigenvalue weighted by molar-refractivity contribution is 0.399. The SMILES string of the molecule is Oc1c(F)cc2nnn(-c3ccc(N4CC[C@H](c5ccccc5)C4)cc3)c2c1F. The predicted molar refractivity (Wildman–Crippen MR) is 106 cm³/mol. The molecule has 1 aliphatic rings. The Morgan fingerprint density at radius 3 is 2.45 bits per heavy atom. The number of phenols is 1. The Morgan fingerprint density at radius 1 is 0.966 bits per heavy atom. The van der Waals surface area contributed by atoms with Crippen LogP contribution in [0.1, 0.15) is 17.9 Å². The van der Waals surface area contributed by atoms with Gasteiger partial charge in [0.1, 0.15) is 11.0 Å². The van der Waals surface area contributed by atoms with E-state index in [2.05, 4.69) is 39.5 Å². The van der Waals surface area contributed by atoms with Gasteiger partial charge >= 0.3 is 0 Å². The number of halogens is 2. The van der Waals surface area contributed by atoms with Gasteiger partial charge in [0, 0.05) is 30.8 Å². The number of rotatable bonds is 3. The van der Waals surface area contributed by atoms with Gasteiger partial charge in [-0.3, -0.25) is 0 Å². The lowest BCUT2D eigenvalue weighted by Gasteiger charge is -2.19. The summed E-state index contributed by atoms with van der Waals surface area (Å²) >= 11 is 0. The molecule has 5 rings (SSSR count). The monoisotopic (exact) mass is 392 g/mol. The number of benzene rings is 3. The fourth-order valence-electron chi connectivity index (χ4n) is 3.98. The molecule has 1 atom stereocenters. The summed E-state index contributed by atoms with van der Waals surface area (Å²) in [6.07, 6.45) is 1.09. The second-order valence-corrected chi connectivity index (χ2v) is 7.25. The fourth-order valence-corrected chi connectivity index (χ4v) is 3.98. The third-order valence-electron chi connectivity index (χ3n) is 5.52. The van der Waals surface area contributed by atoms with Gasteiger partial charge in [-0.2, -0.15) is 0 Å². The van der Waals surface area contributed by atoms with E-state index >= 15 is 0 Å². The van der Waals surface area contributed by atoms with Crippen LogP contribution in [0.2, 0.25) is 0 Å². The quantitative estimate of drug-likeness (QED) is 0.562. The van der Waals surface area contributed by atoms with E-state index in [0.717, 1.165) is 31.3 Å². The average molecular weight is 392 g/mol. The van der Waals surface area contributed by atoms with Crippen molar-refractivity contribution in [3.05, 3.63) is 77.9 Å². The molecule has 7 heteroatoms. The molecule has 2 heterocycles. The number of aromatic hydroxyl groups is 1. The maximum atomic E-state index is 14.4. The largest absolute Gasteiger partial charge is 0.503 e. The van der Waals surface area contributed by atoms with Crippen LogP contribution in [-0.2, 0) is 0 Å². The van der Waals surface area contributed by atoms with Crippen LogP contribution < -0.4 is 4.90 Å². The van der Waals surface area contributed by atoms with Gasteiger partial charge in [0.2, 0.25) is 0 Å². The molecule has 0 unspecified atom stereocenters. The Hall–Kier alpha value is -3.48. The summed E-state index contributed by atoms with van der Waals surface area (Å²) in [5.41, 5.74) is 3.00. The molecule has 0 radical (unpaired) electrons. The normalized spacial score (nSPS) is 16.6. The molecular weight excluding hydrogens is 374 g/mol. The Kier molecular flexibility index (Phi) is 4.16. The highest BCUT2D eigenvalue weighted by atomic mass is 19.1. The van der Waals surface area contributed by atoms with Gasteiger partial charge in [-0.25, -0.2) is 13.5 Å². The summed E-state index contributed by atoms with van der Waals surface area (Å²) in [7, 11) is 0. The first kappa shape index (κ1) is 17.6. The molecule has 5 nitrogen and oxygen atoms in total. The van der Waals surface area contributed by atoms with Crippen molar-refractivity contribution >= 4 is 16.7 Å². The molecule has 4 aromatic rings. The van der Waals surface area contributed by atoms with E-state index in [1.54, 1.807) is 0 Å². The van der Waals surface area contributed by atoms with Crippen molar-refractivity contribution in [3.63, 3.8) is 0 Å². The first-order valence-corrected chi connectivity index (χ1v) is 9.44. The van der Waals surface area contributed by atoms with E-state index in [1.165, 1.54) is 10.2 Å². The Morgan fingerprint density at radius 2 is 1.69 bits per heavy atom. The van der Waals surface area contributed by atoms with Crippen molar-refractivity contribution in [2.75, 3.05) is 18.0 Å². The molecule has 146 valence electrons. The Balaban J connectivity index is 1.42. The van der Waals surface area contributed by atoms with Crippen LogP contribution in [0.25, 0.3) is 16.7 Å². The van der Waals surface area contributed by atoms with Gasteiger partial charge < -0.3 is 10.0 Å². The smallest absolute Gasteiger partial charge is 0.195 e. The number of fused-ring (bicyclic) bond motifs is 1. The summed E-state index contributed by atoms with van der Waals surface area (Å²) in [6, 6.07) is 19.0. The number of aromatic nitrogens is 3. The number of hydrogen-bond donors (Lipinski definition) is 1. The zero-order valence-corrected chi connectivity index (χ0v) is 15.5. The van der Waals surface area contributed by atoms with Crippen LogP contribution in [0.4, 0.5) is 14.5 Å². The van der Waals surface area contributed by atoms with E-state index in [4.69, 9.17) is 0 Å². The molecule has 1 saturated heterocycles. The van der Waals surface area contributed by atoms with Crippen LogP contribution in [-0.4, -0.2) is 33.2 Å². The minimum atomic E-state index is -1.07. The van der Waals surface area contributed by atoms with Gasteiger partial charge in [-0.1, -0.05) is 35.5 Å². The zero-order valence-electron chi connectivity index (χ0n) is 15.5. The summed E-state index contributed by atoms with van der Waals surface area (Å²) in [4.78, 5) is 2.32. The van der Waals surface area contributed by atoms with Gasteiger partial charge in [0.25, 0.3) is 0 Å². The topological polar surface area (TPSA) is 54.2 Å². The molecule has 0 aliphatic carbocycles. The van der Waals surface area contributed by atoms with E-state index in [0.29, 0.717) is 11.6 Å². The second-order valence-electron chi connectivity index (χ2n) is 7.25.